The van der Waals surface area contributed by atoms with Crippen LogP contribution in [0.3, 0.4) is 0 Å². The first-order chi connectivity index (χ1) is 14.8. The Labute approximate surface area is 185 Å². The molecule has 6 nitrogen and oxygen atoms in total. The van der Waals surface area contributed by atoms with Gasteiger partial charge in [-0.3, -0.25) is 4.79 Å². The number of benzene rings is 2. The molecule has 31 heavy (non-hydrogen) atoms. The minimum Gasteiger partial charge on any atom is -0.497 e. The van der Waals surface area contributed by atoms with E-state index in [0.29, 0.717) is 27.6 Å². The highest BCUT2D eigenvalue weighted by molar-refractivity contribution is 7.17. The smallest absolute Gasteiger partial charge is 0.341 e. The van der Waals surface area contributed by atoms with Crippen LogP contribution < -0.4 is 14.8 Å². The highest BCUT2D eigenvalue weighted by Crippen LogP contribution is 2.41. The molecule has 0 aliphatic rings. The van der Waals surface area contributed by atoms with E-state index in [9.17, 15) is 9.59 Å². The number of nitrogens with one attached hydrogen (secondary N) is 1. The average Bonchev–Trinajstić information content (AvgIpc) is 3.09. The highest BCUT2D eigenvalue weighted by Gasteiger charge is 2.26. The van der Waals surface area contributed by atoms with Gasteiger partial charge in [0, 0.05) is 22.1 Å². The Bertz CT molecular complexity index is 1130. The van der Waals surface area contributed by atoms with Crippen molar-refractivity contribution in [2.24, 2.45) is 0 Å². The summed E-state index contributed by atoms with van der Waals surface area (Å²) >= 11 is 1.34. The second-order valence-electron chi connectivity index (χ2n) is 7.08. The molecule has 0 aliphatic heterocycles. The normalized spacial score (nSPS) is 10.5. The second kappa shape index (κ2) is 9.22. The van der Waals surface area contributed by atoms with E-state index < -0.39 is 5.97 Å². The molecule has 1 heterocycles. The summed E-state index contributed by atoms with van der Waals surface area (Å²) in [5, 5.41) is 3.30. The number of thiophene rings is 1. The van der Waals surface area contributed by atoms with Crippen molar-refractivity contribution in [2.45, 2.75) is 20.8 Å². The van der Waals surface area contributed by atoms with Gasteiger partial charge in [0.2, 0.25) is 0 Å². The molecule has 0 saturated carbocycles. The highest BCUT2D eigenvalue weighted by atomic mass is 32.1. The third-order valence-corrected chi connectivity index (χ3v) is 6.13. The van der Waals surface area contributed by atoms with Crippen LogP contribution >= 0.6 is 11.3 Å². The monoisotopic (exact) mass is 439 g/mol. The lowest BCUT2D eigenvalue weighted by Crippen LogP contribution is -2.14. The van der Waals surface area contributed by atoms with E-state index in [4.69, 9.17) is 14.2 Å². The van der Waals surface area contributed by atoms with Gasteiger partial charge >= 0.3 is 5.97 Å². The Kier molecular flexibility index (Phi) is 6.65. The minimum atomic E-state index is -0.504. The molecule has 162 valence electrons. The lowest BCUT2D eigenvalue weighted by Gasteiger charge is -2.11. The van der Waals surface area contributed by atoms with Crippen LogP contribution in [0.25, 0.3) is 11.1 Å². The van der Waals surface area contributed by atoms with Crippen molar-refractivity contribution in [3.63, 3.8) is 0 Å². The van der Waals surface area contributed by atoms with Crippen molar-refractivity contribution >= 4 is 28.2 Å². The van der Waals surface area contributed by atoms with E-state index >= 15 is 0 Å². The number of ether oxygens (including phenoxy) is 3. The number of aryl methyl sites for hydroxylation is 3. The number of carbonyl (C=O) groups excluding carboxylic acids is 2. The Balaban J connectivity index is 2.07. The fraction of sp³-hybridized carbons (Fsp3) is 0.250. The summed E-state index contributed by atoms with van der Waals surface area (Å²) in [6.07, 6.45) is 0. The zero-order valence-corrected chi connectivity index (χ0v) is 19.2. The molecule has 0 fully saturated rings. The largest absolute Gasteiger partial charge is 0.497 e. The van der Waals surface area contributed by atoms with E-state index in [1.807, 2.05) is 39.0 Å². The van der Waals surface area contributed by atoms with Crippen LogP contribution in [0.4, 0.5) is 5.00 Å². The molecule has 1 amide bonds. The molecule has 0 radical (unpaired) electrons. The summed E-state index contributed by atoms with van der Waals surface area (Å²) < 4.78 is 15.5. The lowest BCUT2D eigenvalue weighted by molar-refractivity contribution is 0.0603. The lowest BCUT2D eigenvalue weighted by atomic mass is 9.97. The fourth-order valence-electron chi connectivity index (χ4n) is 3.29. The number of methoxy groups -OCH3 is 3. The van der Waals surface area contributed by atoms with Crippen LogP contribution in [0.2, 0.25) is 0 Å². The van der Waals surface area contributed by atoms with Gasteiger partial charge in [0.05, 0.1) is 21.3 Å². The second-order valence-corrected chi connectivity index (χ2v) is 8.31. The summed E-state index contributed by atoms with van der Waals surface area (Å²) in [5.74, 6) is 0.109. The predicted molar refractivity (Wildman–Crippen MR) is 123 cm³/mol. The van der Waals surface area contributed by atoms with Gasteiger partial charge in [-0.25, -0.2) is 4.79 Å². The van der Waals surface area contributed by atoms with Crippen LogP contribution in [0.1, 0.15) is 36.7 Å². The number of amides is 1. The minimum absolute atomic E-state index is 0.344. The van der Waals surface area contributed by atoms with Crippen LogP contribution in [-0.4, -0.2) is 33.2 Å². The van der Waals surface area contributed by atoms with Crippen molar-refractivity contribution in [1.29, 1.82) is 0 Å². The average molecular weight is 440 g/mol. The number of esters is 1. The van der Waals surface area contributed by atoms with Gasteiger partial charge in [-0.2, -0.15) is 0 Å². The molecule has 2 aromatic carbocycles. The molecule has 0 bridgehead atoms. The maximum absolute atomic E-state index is 13.0. The Morgan fingerprint density at radius 1 is 0.871 bits per heavy atom. The van der Waals surface area contributed by atoms with Crippen molar-refractivity contribution < 1.29 is 23.8 Å². The van der Waals surface area contributed by atoms with E-state index in [2.05, 4.69) is 5.32 Å². The van der Waals surface area contributed by atoms with Crippen molar-refractivity contribution in [1.82, 2.24) is 0 Å². The fourth-order valence-corrected chi connectivity index (χ4v) is 4.35. The van der Waals surface area contributed by atoms with Crippen molar-refractivity contribution in [2.75, 3.05) is 26.6 Å². The maximum atomic E-state index is 13.0. The third-order valence-electron chi connectivity index (χ3n) is 5.11. The number of anilines is 1. The predicted octanol–water partition coefficient (Wildman–Crippen LogP) is 5.40. The summed E-state index contributed by atoms with van der Waals surface area (Å²) in [5.41, 5.74) is 4.64. The summed E-state index contributed by atoms with van der Waals surface area (Å²) in [4.78, 5) is 26.6. The van der Waals surface area contributed by atoms with E-state index in [1.54, 1.807) is 18.2 Å². The number of carbonyl (C=O) groups is 2. The summed E-state index contributed by atoms with van der Waals surface area (Å²) in [6.45, 7) is 5.98. The molecular weight excluding hydrogens is 414 g/mol. The first-order valence-corrected chi connectivity index (χ1v) is 10.4. The van der Waals surface area contributed by atoms with Gasteiger partial charge in [0.25, 0.3) is 5.91 Å². The molecule has 7 heteroatoms. The van der Waals surface area contributed by atoms with Crippen LogP contribution in [0, 0.1) is 20.8 Å². The standard InChI is InChI=1S/C24H25NO5S/c1-13-7-8-16(9-14(13)2)20-15(3)31-23(21(20)24(27)30-6)25-22(26)17-10-18(28-4)12-19(11-17)29-5/h7-12H,1-6H3,(H,25,26). The zero-order chi connectivity index (χ0) is 22.7. The molecule has 3 aromatic rings. The number of rotatable bonds is 6. The first kappa shape index (κ1) is 22.4. The molecule has 1 aromatic heterocycles. The summed E-state index contributed by atoms with van der Waals surface area (Å²) in [7, 11) is 4.37. The van der Waals surface area contributed by atoms with Crippen LogP contribution in [0.5, 0.6) is 11.5 Å². The van der Waals surface area contributed by atoms with Gasteiger partial charge in [0.15, 0.2) is 0 Å². The SMILES string of the molecule is COC(=O)c1c(NC(=O)c2cc(OC)cc(OC)c2)sc(C)c1-c1ccc(C)c(C)c1. The van der Waals surface area contributed by atoms with Gasteiger partial charge in [-0.1, -0.05) is 18.2 Å². The quantitative estimate of drug-likeness (QED) is 0.521. The Hall–Kier alpha value is -3.32. The first-order valence-electron chi connectivity index (χ1n) is 9.62. The Morgan fingerprint density at radius 2 is 1.52 bits per heavy atom. The maximum Gasteiger partial charge on any atom is 0.341 e. The van der Waals surface area contributed by atoms with Crippen molar-refractivity contribution in [3.8, 4) is 22.6 Å². The molecular formula is C24H25NO5S. The molecule has 1 N–H and O–H groups in total. The van der Waals surface area contributed by atoms with Gasteiger partial charge in [-0.05, 0) is 49.6 Å². The van der Waals surface area contributed by atoms with E-state index in [-0.39, 0.29) is 5.91 Å². The third kappa shape index (κ3) is 4.56. The molecule has 0 aliphatic carbocycles. The van der Waals surface area contributed by atoms with E-state index in [1.165, 1.54) is 32.7 Å². The van der Waals surface area contributed by atoms with Crippen LogP contribution in [0.15, 0.2) is 36.4 Å². The van der Waals surface area contributed by atoms with Gasteiger partial charge < -0.3 is 19.5 Å². The molecule has 0 saturated heterocycles. The van der Waals surface area contributed by atoms with Gasteiger partial charge in [0.1, 0.15) is 22.1 Å². The zero-order valence-electron chi connectivity index (χ0n) is 18.4. The van der Waals surface area contributed by atoms with E-state index in [0.717, 1.165) is 27.1 Å². The number of hydrogen-bond donors (Lipinski definition) is 1. The molecule has 0 unspecified atom stereocenters. The number of hydrogen-bond acceptors (Lipinski definition) is 6. The molecule has 0 spiro atoms. The van der Waals surface area contributed by atoms with Crippen molar-refractivity contribution in [3.05, 3.63) is 63.5 Å². The molecule has 3 rings (SSSR count). The van der Waals surface area contributed by atoms with Crippen LogP contribution in [-0.2, 0) is 4.74 Å². The topological polar surface area (TPSA) is 73.9 Å². The Morgan fingerprint density at radius 3 is 2.06 bits per heavy atom. The van der Waals surface area contributed by atoms with Gasteiger partial charge in [-0.15, -0.1) is 11.3 Å². The summed E-state index contributed by atoms with van der Waals surface area (Å²) in [6, 6.07) is 10.9. The molecule has 0 atom stereocenters.